The Morgan fingerprint density at radius 1 is 0.839 bits per heavy atom. The molecule has 0 N–H and O–H groups in total. The van der Waals surface area contributed by atoms with Gasteiger partial charge < -0.3 is 4.90 Å². The van der Waals surface area contributed by atoms with Crippen LogP contribution < -0.4 is 0 Å². The molecule has 1 atom stereocenters. The predicted octanol–water partition coefficient (Wildman–Crippen LogP) is 8.24. The van der Waals surface area contributed by atoms with Crippen molar-refractivity contribution in [3.63, 3.8) is 0 Å². The van der Waals surface area contributed by atoms with Crippen LogP contribution in [0.1, 0.15) is 70.3 Å². The molecule has 1 aliphatic rings. The summed E-state index contributed by atoms with van der Waals surface area (Å²) in [7, 11) is 2.21. The van der Waals surface area contributed by atoms with Crippen molar-refractivity contribution in [3.8, 4) is 0 Å². The summed E-state index contributed by atoms with van der Waals surface area (Å²) in [4.78, 5) is 2.29. The first kappa shape index (κ1) is 24.4. The number of nitrogens with zero attached hydrogens (tertiary/aromatic N) is 2. The maximum atomic E-state index is 6.75. The molecular weight excluding hydrogens is 423 g/mol. The van der Waals surface area contributed by atoms with Gasteiger partial charge in [0.15, 0.2) is 11.8 Å². The summed E-state index contributed by atoms with van der Waals surface area (Å²) in [6.45, 7) is 5.11. The van der Waals surface area contributed by atoms with Crippen LogP contribution in [-0.2, 0) is 6.42 Å². The number of hydrogen-bond donors (Lipinski definition) is 0. The Hall–Kier alpha value is -1.22. The lowest BCUT2D eigenvalue weighted by Gasteiger charge is -2.30. The quantitative estimate of drug-likeness (QED) is 0.165. The molecule has 0 radical (unpaired) electrons. The van der Waals surface area contributed by atoms with Gasteiger partial charge in [0.05, 0.1) is 13.6 Å². The van der Waals surface area contributed by atoms with Crippen molar-refractivity contribution < 1.29 is 4.48 Å². The largest absolute Gasteiger partial charge is 0.309 e. The molecule has 0 amide bonds. The van der Waals surface area contributed by atoms with Crippen LogP contribution in [0.15, 0.2) is 52.8 Å². The maximum Gasteiger partial charge on any atom is 0.238 e. The molecule has 0 saturated carbocycles. The van der Waals surface area contributed by atoms with E-state index >= 15 is 0 Å². The zero-order chi connectivity index (χ0) is 22.1. The summed E-state index contributed by atoms with van der Waals surface area (Å²) in [5.74, 6) is 0. The monoisotopic (exact) mass is 461 g/mol. The van der Waals surface area contributed by atoms with Gasteiger partial charge in [-0.1, -0.05) is 112 Å². The van der Waals surface area contributed by atoms with E-state index in [9.17, 15) is 0 Å². The second-order valence-corrected chi connectivity index (χ2v) is 10.0. The number of rotatable bonds is 13. The van der Waals surface area contributed by atoms with Crippen LogP contribution in [0.5, 0.6) is 0 Å². The predicted molar refractivity (Wildman–Crippen MR) is 136 cm³/mol. The van der Waals surface area contributed by atoms with E-state index in [0.717, 1.165) is 36.5 Å². The molecule has 3 rings (SSSR count). The van der Waals surface area contributed by atoms with E-state index in [1.165, 1.54) is 74.1 Å². The molecule has 0 aliphatic carbocycles. The van der Waals surface area contributed by atoms with Gasteiger partial charge in [0.1, 0.15) is 0 Å². The van der Waals surface area contributed by atoms with Gasteiger partial charge in [-0.15, -0.1) is 0 Å². The van der Waals surface area contributed by atoms with Gasteiger partial charge in [-0.3, -0.25) is 4.48 Å². The second kappa shape index (κ2) is 12.1. The average molecular weight is 463 g/mol. The van der Waals surface area contributed by atoms with Crippen LogP contribution in [0.2, 0.25) is 0 Å². The van der Waals surface area contributed by atoms with Gasteiger partial charge in [0.25, 0.3) is 0 Å². The Kier molecular flexibility index (Phi) is 9.56. The fourth-order valence-electron chi connectivity index (χ4n) is 4.68. The molecule has 1 heterocycles. The minimum Gasteiger partial charge on any atom is -0.309 e. The molecule has 4 heteroatoms. The summed E-state index contributed by atoms with van der Waals surface area (Å²) >= 11 is 13.4. The summed E-state index contributed by atoms with van der Waals surface area (Å²) in [5.41, 5.74) is 1.38. The molecule has 0 spiro atoms. The highest BCUT2D eigenvalue weighted by molar-refractivity contribution is 6.38. The summed E-state index contributed by atoms with van der Waals surface area (Å²) in [5, 5.41) is 4.18. The molecule has 1 unspecified atom stereocenters. The number of hydrogen-bond acceptors (Lipinski definition) is 1. The molecule has 0 saturated heterocycles. The van der Waals surface area contributed by atoms with Crippen molar-refractivity contribution in [1.82, 2.24) is 4.90 Å². The van der Waals surface area contributed by atoms with Crippen LogP contribution >= 0.6 is 23.2 Å². The maximum absolute atomic E-state index is 6.75. The third kappa shape index (κ3) is 6.63. The Balaban J connectivity index is 1.45. The van der Waals surface area contributed by atoms with Gasteiger partial charge in [0.2, 0.25) is 5.16 Å². The number of halogens is 2. The molecule has 2 aromatic carbocycles. The van der Waals surface area contributed by atoms with E-state index in [1.54, 1.807) is 0 Å². The van der Waals surface area contributed by atoms with E-state index in [2.05, 4.69) is 61.3 Å². The first-order valence-corrected chi connectivity index (χ1v) is 12.9. The number of benzene rings is 2. The molecule has 1 aliphatic heterocycles. The molecular formula is C27H39Cl2N2+. The lowest BCUT2D eigenvalue weighted by atomic mass is 10.0. The molecule has 2 aromatic rings. The van der Waals surface area contributed by atoms with Crippen LogP contribution in [0.4, 0.5) is 0 Å². The van der Waals surface area contributed by atoms with Gasteiger partial charge in [-0.05, 0) is 34.4 Å². The van der Waals surface area contributed by atoms with Crippen molar-refractivity contribution in [2.24, 2.45) is 0 Å². The fourth-order valence-corrected chi connectivity index (χ4v) is 5.28. The Morgan fingerprint density at radius 2 is 1.48 bits per heavy atom. The zero-order valence-corrected chi connectivity index (χ0v) is 20.9. The minimum absolute atomic E-state index is 0.695. The SMILES string of the molecule is CCCCCCCCCCCN1C[N+](C)(CCc2cccc3ccccc23)C(Cl)=C1Cl. The molecule has 0 fully saturated rings. The van der Waals surface area contributed by atoms with Crippen LogP contribution in [0, 0.1) is 0 Å². The van der Waals surface area contributed by atoms with Crippen molar-refractivity contribution in [2.75, 3.05) is 26.8 Å². The smallest absolute Gasteiger partial charge is 0.238 e. The highest BCUT2D eigenvalue weighted by atomic mass is 35.5. The van der Waals surface area contributed by atoms with Gasteiger partial charge in [-0.2, -0.15) is 0 Å². The van der Waals surface area contributed by atoms with E-state index < -0.39 is 0 Å². The second-order valence-electron chi connectivity index (χ2n) is 9.32. The Labute approximate surface area is 199 Å². The third-order valence-electron chi connectivity index (χ3n) is 6.69. The van der Waals surface area contributed by atoms with Crippen molar-refractivity contribution >= 4 is 34.0 Å². The number of fused-ring (bicyclic) bond motifs is 1. The average Bonchev–Trinajstić information content (AvgIpc) is 3.00. The number of likely N-dealkylation sites (N-methyl/N-ethyl adjacent to an activating group) is 1. The van der Waals surface area contributed by atoms with E-state index in [0.29, 0.717) is 4.48 Å². The third-order valence-corrected chi connectivity index (χ3v) is 7.79. The summed E-state index contributed by atoms with van der Waals surface area (Å²) < 4.78 is 0.695. The lowest BCUT2D eigenvalue weighted by Crippen LogP contribution is -2.44. The van der Waals surface area contributed by atoms with E-state index in [4.69, 9.17) is 23.2 Å². The van der Waals surface area contributed by atoms with Crippen molar-refractivity contribution in [3.05, 3.63) is 58.3 Å². The zero-order valence-electron chi connectivity index (χ0n) is 19.4. The summed E-state index contributed by atoms with van der Waals surface area (Å²) in [6.07, 6.45) is 13.1. The Morgan fingerprint density at radius 3 is 2.23 bits per heavy atom. The van der Waals surface area contributed by atoms with E-state index in [1.807, 2.05) is 0 Å². The fraction of sp³-hybridized carbons (Fsp3) is 0.556. The number of quaternary nitrogens is 1. The first-order valence-electron chi connectivity index (χ1n) is 12.2. The highest BCUT2D eigenvalue weighted by Gasteiger charge is 2.39. The minimum atomic E-state index is 0.695. The standard InChI is InChI=1S/C27H39Cl2N2/c1-3-4-5-6-7-8-9-10-13-20-30-22-31(2,27(29)26(30)28)21-19-24-17-14-16-23-15-11-12-18-25(23)24/h11-12,14-18H,3-10,13,19-22H2,1-2H3/q+1. The molecule has 170 valence electrons. The van der Waals surface area contributed by atoms with Crippen molar-refractivity contribution in [2.45, 2.75) is 71.1 Å². The van der Waals surface area contributed by atoms with Crippen LogP contribution in [0.3, 0.4) is 0 Å². The first-order chi connectivity index (χ1) is 15.0. The summed E-state index contributed by atoms with van der Waals surface area (Å²) in [6, 6.07) is 15.2. The van der Waals surface area contributed by atoms with Gasteiger partial charge in [0, 0.05) is 13.0 Å². The van der Waals surface area contributed by atoms with E-state index in [-0.39, 0.29) is 0 Å². The van der Waals surface area contributed by atoms with Crippen LogP contribution in [-0.4, -0.2) is 36.2 Å². The molecule has 0 aromatic heterocycles. The topological polar surface area (TPSA) is 3.24 Å². The van der Waals surface area contributed by atoms with Gasteiger partial charge in [-0.25, -0.2) is 0 Å². The molecule has 31 heavy (non-hydrogen) atoms. The lowest BCUT2D eigenvalue weighted by molar-refractivity contribution is -0.867. The highest BCUT2D eigenvalue weighted by Crippen LogP contribution is 2.35. The van der Waals surface area contributed by atoms with Crippen LogP contribution in [0.25, 0.3) is 10.8 Å². The van der Waals surface area contributed by atoms with Gasteiger partial charge >= 0.3 is 0 Å². The van der Waals surface area contributed by atoms with Crippen molar-refractivity contribution in [1.29, 1.82) is 0 Å². The normalized spacial score (nSPS) is 19.0. The Bertz CT molecular complexity index is 858. The number of unbranched alkanes of at least 4 members (excludes halogenated alkanes) is 8. The molecule has 2 nitrogen and oxygen atoms in total. The molecule has 0 bridgehead atoms.